The van der Waals surface area contributed by atoms with Crippen molar-refractivity contribution in [1.29, 1.82) is 0 Å². The van der Waals surface area contributed by atoms with Gasteiger partial charge in [-0.25, -0.2) is 13.2 Å². The summed E-state index contributed by atoms with van der Waals surface area (Å²) >= 11 is 0. The first-order valence-corrected chi connectivity index (χ1v) is 10.2. The first kappa shape index (κ1) is 18.2. The molecule has 138 valence electrons. The fourth-order valence-electron chi connectivity index (χ4n) is 3.18. The number of carboxylic acid groups (broad SMARTS) is 1. The van der Waals surface area contributed by atoms with E-state index in [0.717, 1.165) is 16.7 Å². The smallest absolute Gasteiger partial charge is 0.353 e. The van der Waals surface area contributed by atoms with Gasteiger partial charge in [0.05, 0.1) is 22.5 Å². The lowest BCUT2D eigenvalue weighted by molar-refractivity contribution is 0.0692. The number of aromatic nitrogens is 3. The second kappa shape index (κ2) is 6.28. The minimum absolute atomic E-state index is 0.0508. The van der Waals surface area contributed by atoms with Gasteiger partial charge in [0, 0.05) is 18.9 Å². The third-order valence-corrected chi connectivity index (χ3v) is 5.10. The Morgan fingerprint density at radius 1 is 1.27 bits per heavy atom. The van der Waals surface area contributed by atoms with Crippen molar-refractivity contribution >= 4 is 26.8 Å². The first-order valence-electron chi connectivity index (χ1n) is 8.17. The van der Waals surface area contributed by atoms with E-state index in [9.17, 15) is 18.3 Å². The normalized spacial score (nSPS) is 12.2. The van der Waals surface area contributed by atoms with Gasteiger partial charge in [-0.2, -0.15) is 5.10 Å². The Kier molecular flexibility index (Phi) is 4.39. The molecule has 0 saturated heterocycles. The average Bonchev–Trinajstić information content (AvgIpc) is 3.05. The summed E-state index contributed by atoms with van der Waals surface area (Å²) in [4.78, 5) is 14.8. The van der Waals surface area contributed by atoms with Crippen molar-refractivity contribution < 1.29 is 18.3 Å². The molecule has 0 aliphatic rings. The van der Waals surface area contributed by atoms with Gasteiger partial charge in [0.2, 0.25) is 0 Å². The minimum atomic E-state index is -3.13. The van der Waals surface area contributed by atoms with Crippen LogP contribution in [0.3, 0.4) is 0 Å². The Balaban J connectivity index is 2.20. The molecule has 3 rings (SSSR count). The Morgan fingerprint density at radius 2 is 1.88 bits per heavy atom. The van der Waals surface area contributed by atoms with Gasteiger partial charge in [-0.1, -0.05) is 38.1 Å². The number of benzene rings is 1. The van der Waals surface area contributed by atoms with Crippen LogP contribution in [0.2, 0.25) is 0 Å². The molecule has 3 aromatic rings. The summed E-state index contributed by atoms with van der Waals surface area (Å²) in [6, 6.07) is 6.91. The van der Waals surface area contributed by atoms with Gasteiger partial charge in [0.1, 0.15) is 5.69 Å². The molecule has 7 nitrogen and oxygen atoms in total. The number of hydrogen-bond acceptors (Lipinski definition) is 4. The van der Waals surface area contributed by atoms with Crippen LogP contribution in [0.1, 0.15) is 41.5 Å². The van der Waals surface area contributed by atoms with E-state index in [1.165, 1.54) is 6.26 Å². The number of aromatic amines is 1. The molecule has 0 atom stereocenters. The van der Waals surface area contributed by atoms with Crippen LogP contribution in [0.25, 0.3) is 22.2 Å². The number of carboxylic acids is 1. The molecular formula is C18H21N3O4S. The number of carbonyl (C=O) groups is 1. The van der Waals surface area contributed by atoms with Crippen molar-refractivity contribution in [2.75, 3.05) is 6.26 Å². The number of hydrogen-bond donors (Lipinski definition) is 2. The van der Waals surface area contributed by atoms with Gasteiger partial charge in [-0.15, -0.1) is 0 Å². The predicted octanol–water partition coefficient (Wildman–Crippen LogP) is 2.93. The summed E-state index contributed by atoms with van der Waals surface area (Å²) in [7, 11) is -1.34. The van der Waals surface area contributed by atoms with Crippen molar-refractivity contribution in [3.63, 3.8) is 0 Å². The van der Waals surface area contributed by atoms with E-state index in [2.05, 4.69) is 10.1 Å². The summed E-state index contributed by atoms with van der Waals surface area (Å²) in [5.41, 5.74) is 4.27. The lowest BCUT2D eigenvalue weighted by Gasteiger charge is -2.05. The molecule has 0 aliphatic carbocycles. The molecule has 0 radical (unpaired) electrons. The standard InChI is InChI=1S/C18H21N3O4S/c1-10(2)14-16-17(21(3)20-14)13(15(19-16)18(22)23)12-7-5-11(6-8-12)9-26(4,24)25/h5-8,10,19H,9H2,1-4H3,(H,22,23). The monoisotopic (exact) mass is 375 g/mol. The number of sulfone groups is 1. The molecule has 8 heteroatoms. The highest BCUT2D eigenvalue weighted by atomic mass is 32.2. The predicted molar refractivity (Wildman–Crippen MR) is 100 cm³/mol. The van der Waals surface area contributed by atoms with Crippen LogP contribution in [0.4, 0.5) is 0 Å². The number of nitrogens with zero attached hydrogens (tertiary/aromatic N) is 2. The molecule has 0 amide bonds. The second-order valence-corrected chi connectivity index (χ2v) is 8.97. The molecule has 0 unspecified atom stereocenters. The zero-order valence-corrected chi connectivity index (χ0v) is 15.9. The van der Waals surface area contributed by atoms with E-state index < -0.39 is 15.8 Å². The zero-order valence-electron chi connectivity index (χ0n) is 15.1. The SMILES string of the molecule is CC(C)c1nn(C)c2c(-c3ccc(CS(C)(=O)=O)cc3)c(C(=O)O)[nH]c12. The highest BCUT2D eigenvalue weighted by Crippen LogP contribution is 2.35. The number of rotatable bonds is 5. The van der Waals surface area contributed by atoms with Gasteiger partial charge in [0.25, 0.3) is 0 Å². The number of aromatic carboxylic acids is 1. The van der Waals surface area contributed by atoms with E-state index in [1.54, 1.807) is 36.0 Å². The lowest BCUT2D eigenvalue weighted by Crippen LogP contribution is -2.02. The van der Waals surface area contributed by atoms with Crippen molar-refractivity contribution in [3.05, 3.63) is 41.2 Å². The largest absolute Gasteiger partial charge is 0.477 e. The fourth-order valence-corrected chi connectivity index (χ4v) is 3.97. The van der Waals surface area contributed by atoms with E-state index >= 15 is 0 Å². The molecule has 0 bridgehead atoms. The maximum Gasteiger partial charge on any atom is 0.353 e. The Morgan fingerprint density at radius 3 is 2.38 bits per heavy atom. The van der Waals surface area contributed by atoms with Gasteiger partial charge in [-0.05, 0) is 17.0 Å². The summed E-state index contributed by atoms with van der Waals surface area (Å²) in [6.45, 7) is 4.01. The lowest BCUT2D eigenvalue weighted by atomic mass is 10.0. The van der Waals surface area contributed by atoms with Crippen LogP contribution in [0, 0.1) is 0 Å². The minimum Gasteiger partial charge on any atom is -0.477 e. The zero-order chi connectivity index (χ0) is 19.2. The Labute approximate surface area is 151 Å². The van der Waals surface area contributed by atoms with Gasteiger partial charge in [0.15, 0.2) is 9.84 Å². The summed E-state index contributed by atoms with van der Waals surface area (Å²) in [5, 5.41) is 14.1. The Bertz CT molecular complexity index is 1090. The van der Waals surface area contributed by atoms with Crippen molar-refractivity contribution in [3.8, 4) is 11.1 Å². The summed E-state index contributed by atoms with van der Waals surface area (Å²) < 4.78 is 24.6. The van der Waals surface area contributed by atoms with Crippen LogP contribution in [-0.2, 0) is 22.6 Å². The van der Waals surface area contributed by atoms with E-state index in [0.29, 0.717) is 16.7 Å². The topological polar surface area (TPSA) is 105 Å². The maximum absolute atomic E-state index is 11.8. The van der Waals surface area contributed by atoms with Crippen LogP contribution < -0.4 is 0 Å². The molecule has 2 N–H and O–H groups in total. The Hall–Kier alpha value is -2.61. The van der Waals surface area contributed by atoms with Gasteiger partial charge < -0.3 is 10.1 Å². The van der Waals surface area contributed by atoms with E-state index in [-0.39, 0.29) is 17.4 Å². The number of nitrogens with one attached hydrogen (secondary N) is 1. The quantitative estimate of drug-likeness (QED) is 0.713. The van der Waals surface area contributed by atoms with Crippen LogP contribution in [0.15, 0.2) is 24.3 Å². The molecule has 2 heterocycles. The summed E-state index contributed by atoms with van der Waals surface area (Å²) in [6.07, 6.45) is 1.18. The van der Waals surface area contributed by atoms with E-state index in [1.807, 2.05) is 13.8 Å². The molecule has 0 aliphatic heterocycles. The highest BCUT2D eigenvalue weighted by molar-refractivity contribution is 7.89. The van der Waals surface area contributed by atoms with Crippen LogP contribution in [0.5, 0.6) is 0 Å². The molecule has 2 aromatic heterocycles. The van der Waals surface area contributed by atoms with Crippen molar-refractivity contribution in [2.45, 2.75) is 25.5 Å². The number of aryl methyl sites for hydroxylation is 1. The summed E-state index contributed by atoms with van der Waals surface area (Å²) in [5.74, 6) is -0.958. The fraction of sp³-hybridized carbons (Fsp3) is 0.333. The van der Waals surface area contributed by atoms with Gasteiger partial charge >= 0.3 is 5.97 Å². The molecule has 0 spiro atoms. The highest BCUT2D eigenvalue weighted by Gasteiger charge is 2.25. The third-order valence-electron chi connectivity index (χ3n) is 4.24. The maximum atomic E-state index is 11.8. The first-order chi connectivity index (χ1) is 12.1. The molecular weight excluding hydrogens is 354 g/mol. The van der Waals surface area contributed by atoms with Crippen LogP contribution >= 0.6 is 0 Å². The molecule has 0 saturated carbocycles. The van der Waals surface area contributed by atoms with Crippen molar-refractivity contribution in [2.24, 2.45) is 7.05 Å². The van der Waals surface area contributed by atoms with Crippen LogP contribution in [-0.4, -0.2) is 40.5 Å². The van der Waals surface area contributed by atoms with E-state index in [4.69, 9.17) is 0 Å². The average molecular weight is 375 g/mol. The molecule has 1 aromatic carbocycles. The van der Waals surface area contributed by atoms with Gasteiger partial charge in [-0.3, -0.25) is 4.68 Å². The third kappa shape index (κ3) is 3.24. The molecule has 0 fully saturated rings. The number of H-pyrrole nitrogens is 1. The van der Waals surface area contributed by atoms with Crippen molar-refractivity contribution in [1.82, 2.24) is 14.8 Å². The number of fused-ring (bicyclic) bond motifs is 1. The second-order valence-electron chi connectivity index (χ2n) is 6.83. The molecule has 26 heavy (non-hydrogen) atoms.